The number of unbranched alkanes of at least 4 members (excludes halogenated alkanes) is 1. The quantitative estimate of drug-likeness (QED) is 0.509. The minimum atomic E-state index is 0. The van der Waals surface area contributed by atoms with Gasteiger partial charge in [-0.2, -0.15) is 19.5 Å². The molecular formula is C11H27ClMgSi. The minimum absolute atomic E-state index is 0. The van der Waals surface area contributed by atoms with Crippen LogP contribution >= 0.6 is 12.4 Å². The summed E-state index contributed by atoms with van der Waals surface area (Å²) < 4.78 is 0. The van der Waals surface area contributed by atoms with Gasteiger partial charge < -0.3 is 6.92 Å². The number of hydrogen-bond donors (Lipinski definition) is 0. The molecule has 1 unspecified atom stereocenters. The maximum atomic E-state index is 3.91. The van der Waals surface area contributed by atoms with Crippen LogP contribution < -0.4 is 0 Å². The summed E-state index contributed by atoms with van der Waals surface area (Å²) in [5.74, 6) is 0.893. The van der Waals surface area contributed by atoms with Crippen LogP contribution in [0, 0.1) is 12.8 Å². The molecule has 0 spiro atoms. The molecule has 0 saturated carbocycles. The molecule has 0 aromatic heterocycles. The fraction of sp³-hybridized carbons (Fsp3) is 0.909. The van der Waals surface area contributed by atoms with Crippen LogP contribution in [0.1, 0.15) is 46.0 Å². The molecule has 0 rings (SSSR count). The molecule has 0 radical (unpaired) electrons. The van der Waals surface area contributed by atoms with Crippen LogP contribution in [0.4, 0.5) is 0 Å². The van der Waals surface area contributed by atoms with Gasteiger partial charge in [-0.15, -0.1) is 12.4 Å². The van der Waals surface area contributed by atoms with Gasteiger partial charge in [0.25, 0.3) is 0 Å². The van der Waals surface area contributed by atoms with E-state index in [9.17, 15) is 0 Å². The summed E-state index contributed by atoms with van der Waals surface area (Å²) >= 11 is 0. The second-order valence-corrected chi connectivity index (χ2v) is 4.44. The Balaban J connectivity index is -0.0000000891. The average Bonchev–Trinajstić information content (AvgIpc) is 2.08. The van der Waals surface area contributed by atoms with Crippen molar-refractivity contribution in [3.63, 3.8) is 0 Å². The molecule has 1 atom stereocenters. The van der Waals surface area contributed by atoms with E-state index < -0.39 is 0 Å². The van der Waals surface area contributed by atoms with Crippen LogP contribution in [0.3, 0.4) is 0 Å². The Morgan fingerprint density at radius 1 is 1.21 bits per heavy atom. The first-order chi connectivity index (χ1) is 5.76. The van der Waals surface area contributed by atoms with Gasteiger partial charge in [0.05, 0.1) is 0 Å². The first-order valence-electron chi connectivity index (χ1n) is 5.29. The van der Waals surface area contributed by atoms with Crippen molar-refractivity contribution in [2.45, 2.75) is 59.0 Å². The van der Waals surface area contributed by atoms with Gasteiger partial charge in [0.15, 0.2) is 0 Å². The molecule has 0 saturated heterocycles. The predicted molar refractivity (Wildman–Crippen MR) is 75.2 cm³/mol. The van der Waals surface area contributed by atoms with Gasteiger partial charge >= 0.3 is 23.1 Å². The molecule has 14 heavy (non-hydrogen) atoms. The fourth-order valence-corrected chi connectivity index (χ4v) is 1.05. The summed E-state index contributed by atoms with van der Waals surface area (Å²) in [7, 11) is 0.750. The SMILES string of the molecule is C[SiH-]C.Cl.[CH2-]CC(CC)CCCC.[Mg+2]. The van der Waals surface area contributed by atoms with Gasteiger partial charge in [-0.3, -0.25) is 9.52 Å². The van der Waals surface area contributed by atoms with Gasteiger partial charge in [0, 0.05) is 0 Å². The van der Waals surface area contributed by atoms with E-state index in [-0.39, 0.29) is 35.5 Å². The van der Waals surface area contributed by atoms with Gasteiger partial charge in [0.2, 0.25) is 0 Å². The first-order valence-corrected chi connectivity index (χ1v) is 7.60. The zero-order valence-corrected chi connectivity index (χ0v) is 13.9. The van der Waals surface area contributed by atoms with Crippen LogP contribution in [0.15, 0.2) is 0 Å². The van der Waals surface area contributed by atoms with Gasteiger partial charge in [0.1, 0.15) is 0 Å². The van der Waals surface area contributed by atoms with Crippen molar-refractivity contribution in [2.24, 2.45) is 5.92 Å². The van der Waals surface area contributed by atoms with E-state index in [1.54, 1.807) is 0 Å². The number of rotatable bonds is 5. The summed E-state index contributed by atoms with van der Waals surface area (Å²) in [5, 5.41) is 0. The summed E-state index contributed by atoms with van der Waals surface area (Å²) in [6, 6.07) is 0. The van der Waals surface area contributed by atoms with Crippen LogP contribution in [0.5, 0.6) is 0 Å². The van der Waals surface area contributed by atoms with E-state index >= 15 is 0 Å². The molecular weight excluding hydrogens is 220 g/mol. The molecule has 0 aromatic rings. The maximum Gasteiger partial charge on any atom is 2.00 e. The van der Waals surface area contributed by atoms with Crippen molar-refractivity contribution < 1.29 is 0 Å². The monoisotopic (exact) mass is 246 g/mol. The van der Waals surface area contributed by atoms with Crippen LogP contribution in [-0.2, 0) is 0 Å². The van der Waals surface area contributed by atoms with Crippen molar-refractivity contribution in [3.8, 4) is 0 Å². The minimum Gasteiger partial charge on any atom is -0.343 e. The summed E-state index contributed by atoms with van der Waals surface area (Å²) in [4.78, 5) is 0. The molecule has 0 aliphatic rings. The van der Waals surface area contributed by atoms with Gasteiger partial charge in [-0.1, -0.05) is 45.4 Å². The molecule has 0 amide bonds. The third-order valence-corrected chi connectivity index (χ3v) is 1.95. The third kappa shape index (κ3) is 23.3. The summed E-state index contributed by atoms with van der Waals surface area (Å²) in [6.07, 6.45) is 6.53. The van der Waals surface area contributed by atoms with E-state index in [2.05, 4.69) is 33.9 Å². The normalized spacial score (nSPS) is 10.1. The van der Waals surface area contributed by atoms with Crippen molar-refractivity contribution in [1.29, 1.82) is 0 Å². The van der Waals surface area contributed by atoms with Gasteiger partial charge in [-0.25, -0.2) is 0 Å². The van der Waals surface area contributed by atoms with Crippen molar-refractivity contribution >= 4 is 45.0 Å². The Bertz CT molecular complexity index is 68.3. The van der Waals surface area contributed by atoms with Crippen LogP contribution in [0.2, 0.25) is 13.1 Å². The van der Waals surface area contributed by atoms with E-state index in [1.807, 2.05) is 0 Å². The molecule has 0 aromatic carbocycles. The molecule has 84 valence electrons. The Kier molecular flexibility index (Phi) is 41.7. The van der Waals surface area contributed by atoms with Crippen molar-refractivity contribution in [2.75, 3.05) is 0 Å². The number of halogens is 1. The molecule has 3 heteroatoms. The number of hydrogen-bond acceptors (Lipinski definition) is 0. The molecule has 0 nitrogen and oxygen atoms in total. The Morgan fingerprint density at radius 2 is 1.64 bits per heavy atom. The summed E-state index contributed by atoms with van der Waals surface area (Å²) in [6.45, 7) is 12.8. The molecule has 0 heterocycles. The smallest absolute Gasteiger partial charge is 0.343 e. The largest absolute Gasteiger partial charge is 2.00 e. The van der Waals surface area contributed by atoms with Crippen molar-refractivity contribution in [1.82, 2.24) is 0 Å². The summed E-state index contributed by atoms with van der Waals surface area (Å²) in [5.41, 5.74) is 0. The van der Waals surface area contributed by atoms with Crippen LogP contribution in [0.25, 0.3) is 0 Å². The average molecular weight is 247 g/mol. The van der Waals surface area contributed by atoms with E-state index in [4.69, 9.17) is 0 Å². The third-order valence-electron chi connectivity index (χ3n) is 1.95. The van der Waals surface area contributed by atoms with E-state index in [1.165, 1.54) is 25.7 Å². The Morgan fingerprint density at radius 3 is 1.86 bits per heavy atom. The van der Waals surface area contributed by atoms with Crippen molar-refractivity contribution in [3.05, 3.63) is 6.92 Å². The van der Waals surface area contributed by atoms with E-state index in [0.717, 1.165) is 21.9 Å². The topological polar surface area (TPSA) is 0 Å². The molecule has 0 N–H and O–H groups in total. The standard InChI is InChI=1S/C9H19.C2H7Si.ClH.Mg/c1-4-7-8-9(5-2)6-3;1-3-2;;/h9H,2,4-8H2,1,3H3;3H,1-2H3;1H;/q2*-1;;+2. The van der Waals surface area contributed by atoms with Gasteiger partial charge in [-0.05, 0) is 0 Å². The molecule has 0 fully saturated rings. The first kappa shape index (κ1) is 24.5. The molecule has 0 bridgehead atoms. The van der Waals surface area contributed by atoms with Crippen LogP contribution in [-0.4, -0.2) is 32.6 Å². The fourth-order valence-electron chi connectivity index (χ4n) is 1.05. The zero-order valence-electron chi connectivity index (χ0n) is 10.5. The molecule has 0 aliphatic carbocycles. The predicted octanol–water partition coefficient (Wildman–Crippen LogP) is 3.99. The van der Waals surface area contributed by atoms with E-state index in [0.29, 0.717) is 0 Å². The second-order valence-electron chi connectivity index (χ2n) is 3.28. The maximum absolute atomic E-state index is 3.91. The second kappa shape index (κ2) is 23.8. The Hall–Kier alpha value is 1.27. The molecule has 0 aliphatic heterocycles. The zero-order chi connectivity index (χ0) is 9.82. The Labute approximate surface area is 116 Å².